The molecule has 0 fully saturated rings. The second-order valence-corrected chi connectivity index (χ2v) is 4.25. The number of carboxylic acids is 1. The molecule has 2 rings (SSSR count). The van der Waals surface area contributed by atoms with Crippen molar-refractivity contribution in [1.82, 2.24) is 4.98 Å². The van der Waals surface area contributed by atoms with Crippen molar-refractivity contribution in [1.29, 1.82) is 0 Å². The summed E-state index contributed by atoms with van der Waals surface area (Å²) in [6, 6.07) is 7.31. The van der Waals surface area contributed by atoms with Crippen molar-refractivity contribution >= 4 is 35.0 Å². The number of carboxylic acid groups (broad SMARTS) is 1. The lowest BCUT2D eigenvalue weighted by Crippen LogP contribution is -2.21. The average Bonchev–Trinajstić information content (AvgIpc) is 2.38. The first-order valence-electron chi connectivity index (χ1n) is 5.57. The smallest absolute Gasteiger partial charge is 0.337 e. The molecule has 0 spiro atoms. The minimum absolute atomic E-state index is 0.0405. The van der Waals surface area contributed by atoms with Gasteiger partial charge in [0.2, 0.25) is 0 Å². The molecule has 0 aliphatic rings. The largest absolute Gasteiger partial charge is 0.478 e. The number of carbonyl (C=O) groups is 2. The van der Waals surface area contributed by atoms with E-state index in [0.29, 0.717) is 10.7 Å². The Balaban J connectivity index is 2.11. The predicted molar refractivity (Wildman–Crippen MR) is 75.3 cm³/mol. The van der Waals surface area contributed by atoms with Gasteiger partial charge in [0.1, 0.15) is 0 Å². The third kappa shape index (κ3) is 3.46. The summed E-state index contributed by atoms with van der Waals surface area (Å²) in [6.07, 6.45) is 2.60. The van der Waals surface area contributed by atoms with E-state index >= 15 is 0 Å². The molecule has 102 valence electrons. The van der Waals surface area contributed by atoms with Crippen LogP contribution in [0.1, 0.15) is 10.4 Å². The highest BCUT2D eigenvalue weighted by atomic mass is 35.5. The van der Waals surface area contributed by atoms with Crippen LogP contribution < -0.4 is 10.6 Å². The Morgan fingerprint density at radius 3 is 2.70 bits per heavy atom. The van der Waals surface area contributed by atoms with Crippen LogP contribution in [0.25, 0.3) is 0 Å². The molecule has 0 radical (unpaired) electrons. The Bertz CT molecular complexity index is 661. The van der Waals surface area contributed by atoms with Gasteiger partial charge in [-0.2, -0.15) is 0 Å². The maximum atomic E-state index is 11.8. The van der Waals surface area contributed by atoms with Crippen molar-refractivity contribution in [2.75, 3.05) is 10.6 Å². The van der Waals surface area contributed by atoms with Gasteiger partial charge in [0.25, 0.3) is 0 Å². The van der Waals surface area contributed by atoms with Gasteiger partial charge < -0.3 is 15.7 Å². The van der Waals surface area contributed by atoms with Gasteiger partial charge >= 0.3 is 12.0 Å². The molecular formula is C13H10ClN3O3. The number of aromatic carboxylic acids is 1. The number of anilines is 2. The molecule has 2 amide bonds. The summed E-state index contributed by atoms with van der Waals surface area (Å²) in [4.78, 5) is 26.5. The monoisotopic (exact) mass is 291 g/mol. The first-order valence-corrected chi connectivity index (χ1v) is 5.95. The summed E-state index contributed by atoms with van der Waals surface area (Å²) in [5.41, 5.74) is 0.566. The number of carbonyl (C=O) groups excluding carboxylic acids is 1. The number of hydrogen-bond acceptors (Lipinski definition) is 3. The third-order valence-electron chi connectivity index (χ3n) is 2.38. The molecule has 3 N–H and O–H groups in total. The molecule has 7 heteroatoms. The number of rotatable bonds is 3. The number of amides is 2. The van der Waals surface area contributed by atoms with E-state index in [9.17, 15) is 9.59 Å². The first-order chi connectivity index (χ1) is 9.56. The minimum atomic E-state index is -1.15. The van der Waals surface area contributed by atoms with Crippen LogP contribution in [0, 0.1) is 0 Å². The molecule has 6 nitrogen and oxygen atoms in total. The first kappa shape index (κ1) is 13.8. The van der Waals surface area contributed by atoms with Crippen LogP contribution in [0.4, 0.5) is 16.2 Å². The third-order valence-corrected chi connectivity index (χ3v) is 2.62. The van der Waals surface area contributed by atoms with Crippen LogP contribution in [0.3, 0.4) is 0 Å². The molecule has 2 aromatic rings. The number of aromatic nitrogens is 1. The lowest BCUT2D eigenvalue weighted by atomic mass is 10.2. The van der Waals surface area contributed by atoms with Crippen molar-refractivity contribution in [3.8, 4) is 0 Å². The number of halogens is 1. The molecule has 1 aromatic heterocycles. The Hall–Kier alpha value is -2.60. The molecule has 1 aromatic carbocycles. The van der Waals surface area contributed by atoms with Gasteiger partial charge in [-0.15, -0.1) is 0 Å². The highest BCUT2D eigenvalue weighted by Crippen LogP contribution is 2.16. The minimum Gasteiger partial charge on any atom is -0.478 e. The molecule has 0 atom stereocenters. The zero-order valence-corrected chi connectivity index (χ0v) is 10.9. The maximum absolute atomic E-state index is 11.8. The molecule has 1 heterocycles. The van der Waals surface area contributed by atoms with Crippen molar-refractivity contribution in [3.05, 3.63) is 53.3 Å². The average molecular weight is 292 g/mol. The lowest BCUT2D eigenvalue weighted by molar-refractivity contribution is 0.0698. The number of nitrogens with one attached hydrogen (secondary N) is 2. The number of urea groups is 1. The van der Waals surface area contributed by atoms with E-state index in [4.69, 9.17) is 16.7 Å². The fourth-order valence-electron chi connectivity index (χ4n) is 1.53. The normalized spacial score (nSPS) is 9.85. The Morgan fingerprint density at radius 1 is 1.20 bits per heavy atom. The Kier molecular flexibility index (Phi) is 4.17. The summed E-state index contributed by atoms with van der Waals surface area (Å²) < 4.78 is 0. The van der Waals surface area contributed by atoms with Crippen molar-refractivity contribution < 1.29 is 14.7 Å². The van der Waals surface area contributed by atoms with Gasteiger partial charge in [-0.05, 0) is 24.3 Å². The Labute approximate surface area is 119 Å². The second-order valence-electron chi connectivity index (χ2n) is 3.82. The highest BCUT2D eigenvalue weighted by molar-refractivity contribution is 6.30. The standard InChI is InChI=1S/C13H10ClN3O3/c14-8-2-1-3-9(6-8)16-13(20)17-11-7-15-5-4-10(11)12(18)19/h1-7H,(H,18,19)(H2,16,17,20). The number of hydrogen-bond donors (Lipinski definition) is 3. The summed E-state index contributed by atoms with van der Waals surface area (Å²) in [7, 11) is 0. The Morgan fingerprint density at radius 2 is 2.00 bits per heavy atom. The van der Waals surface area contributed by atoms with Gasteiger partial charge in [-0.25, -0.2) is 9.59 Å². The fraction of sp³-hybridized carbons (Fsp3) is 0. The van der Waals surface area contributed by atoms with Crippen LogP contribution in [-0.4, -0.2) is 22.1 Å². The SMILES string of the molecule is O=C(Nc1cccc(Cl)c1)Nc1cnccc1C(=O)O. The zero-order chi connectivity index (χ0) is 14.5. The van der Waals surface area contributed by atoms with E-state index in [1.54, 1.807) is 24.3 Å². The molecule has 0 aliphatic carbocycles. The molecule has 0 aliphatic heterocycles. The quantitative estimate of drug-likeness (QED) is 0.810. The van der Waals surface area contributed by atoms with Gasteiger partial charge in [0, 0.05) is 16.9 Å². The van der Waals surface area contributed by atoms with Crippen LogP contribution in [0.15, 0.2) is 42.7 Å². The summed E-state index contributed by atoms with van der Waals surface area (Å²) in [5, 5.41) is 14.4. The van der Waals surface area contributed by atoms with Crippen LogP contribution in [0.5, 0.6) is 0 Å². The maximum Gasteiger partial charge on any atom is 0.337 e. The van der Waals surface area contributed by atoms with E-state index in [0.717, 1.165) is 0 Å². The molecule has 0 saturated heterocycles. The molecule has 20 heavy (non-hydrogen) atoms. The lowest BCUT2D eigenvalue weighted by Gasteiger charge is -2.09. The number of benzene rings is 1. The van der Waals surface area contributed by atoms with E-state index < -0.39 is 12.0 Å². The highest BCUT2D eigenvalue weighted by Gasteiger charge is 2.12. The van der Waals surface area contributed by atoms with E-state index in [1.165, 1.54) is 18.5 Å². The summed E-state index contributed by atoms with van der Waals surface area (Å²) in [6.45, 7) is 0. The van der Waals surface area contributed by atoms with Gasteiger partial charge in [0.15, 0.2) is 0 Å². The van der Waals surface area contributed by atoms with Crippen LogP contribution in [0.2, 0.25) is 5.02 Å². The molecule has 0 saturated carbocycles. The molecule has 0 bridgehead atoms. The van der Waals surface area contributed by atoms with Gasteiger partial charge in [-0.1, -0.05) is 17.7 Å². The van der Waals surface area contributed by atoms with Crippen molar-refractivity contribution in [2.24, 2.45) is 0 Å². The zero-order valence-electron chi connectivity index (χ0n) is 10.1. The molecule has 0 unspecified atom stereocenters. The van der Waals surface area contributed by atoms with Gasteiger partial charge in [0.05, 0.1) is 17.4 Å². The van der Waals surface area contributed by atoms with E-state index in [2.05, 4.69) is 15.6 Å². The van der Waals surface area contributed by atoms with E-state index in [1.807, 2.05) is 0 Å². The van der Waals surface area contributed by atoms with Crippen molar-refractivity contribution in [2.45, 2.75) is 0 Å². The predicted octanol–water partition coefficient (Wildman–Crippen LogP) is 3.08. The van der Waals surface area contributed by atoms with E-state index in [-0.39, 0.29) is 11.3 Å². The summed E-state index contributed by atoms with van der Waals surface area (Å²) in [5.74, 6) is -1.15. The number of nitrogens with zero attached hydrogens (tertiary/aromatic N) is 1. The number of pyridine rings is 1. The van der Waals surface area contributed by atoms with Crippen molar-refractivity contribution in [3.63, 3.8) is 0 Å². The summed E-state index contributed by atoms with van der Waals surface area (Å²) >= 11 is 5.80. The fourth-order valence-corrected chi connectivity index (χ4v) is 1.72. The van der Waals surface area contributed by atoms with Gasteiger partial charge in [-0.3, -0.25) is 4.98 Å². The van der Waals surface area contributed by atoms with Crippen LogP contribution >= 0.6 is 11.6 Å². The second kappa shape index (κ2) is 6.03. The van der Waals surface area contributed by atoms with Crippen LogP contribution in [-0.2, 0) is 0 Å². The topological polar surface area (TPSA) is 91.3 Å². The molecular weight excluding hydrogens is 282 g/mol.